The van der Waals surface area contributed by atoms with E-state index in [1.54, 1.807) is 6.07 Å². The van der Waals surface area contributed by atoms with Crippen LogP contribution in [0.2, 0.25) is 0 Å². The SMILES string of the molecule is O=C([O-])N1Cc2ccccc2C(F)(F)C1. The third-order valence-electron chi connectivity index (χ3n) is 2.42. The van der Waals surface area contributed by atoms with Gasteiger partial charge in [0.15, 0.2) is 0 Å². The van der Waals surface area contributed by atoms with Gasteiger partial charge < -0.3 is 14.8 Å². The molecule has 0 atom stereocenters. The molecule has 1 aromatic carbocycles. The van der Waals surface area contributed by atoms with Crippen molar-refractivity contribution in [3.05, 3.63) is 35.4 Å². The molecule has 0 unspecified atom stereocenters. The number of carbonyl (C=O) groups excluding carboxylic acids is 1. The molecular formula is C10H8F2NO2-. The second-order valence-corrected chi connectivity index (χ2v) is 3.48. The standard InChI is InChI=1S/C10H9F2NO2/c11-10(12)6-13(9(14)15)5-7-3-1-2-4-8(7)10/h1-4H,5-6H2,(H,14,15)/p-1. The van der Waals surface area contributed by atoms with Gasteiger partial charge in [0.05, 0.1) is 6.54 Å². The van der Waals surface area contributed by atoms with Crippen LogP contribution >= 0.6 is 0 Å². The van der Waals surface area contributed by atoms with Crippen molar-refractivity contribution in [2.24, 2.45) is 0 Å². The van der Waals surface area contributed by atoms with E-state index in [1.165, 1.54) is 18.2 Å². The molecule has 0 aromatic heterocycles. The topological polar surface area (TPSA) is 43.4 Å². The molecule has 3 nitrogen and oxygen atoms in total. The summed E-state index contributed by atoms with van der Waals surface area (Å²) in [6.45, 7) is -0.861. The summed E-state index contributed by atoms with van der Waals surface area (Å²) in [7, 11) is 0. The summed E-state index contributed by atoms with van der Waals surface area (Å²) in [6.07, 6.45) is -1.57. The Balaban J connectivity index is 2.43. The molecule has 0 spiro atoms. The number of halogens is 2. The molecule has 5 heteroatoms. The summed E-state index contributed by atoms with van der Waals surface area (Å²) in [5, 5.41) is 10.5. The summed E-state index contributed by atoms with van der Waals surface area (Å²) in [4.78, 5) is 11.1. The number of nitrogens with zero attached hydrogens (tertiary/aromatic N) is 1. The fourth-order valence-corrected chi connectivity index (χ4v) is 1.73. The largest absolute Gasteiger partial charge is 0.530 e. The van der Waals surface area contributed by atoms with E-state index in [1.807, 2.05) is 0 Å². The minimum absolute atomic E-state index is 0.0336. The molecule has 0 aliphatic carbocycles. The molecule has 0 N–H and O–H groups in total. The molecule has 0 bridgehead atoms. The number of amides is 1. The summed E-state index contributed by atoms with van der Waals surface area (Å²) in [5.74, 6) is -3.13. The molecule has 15 heavy (non-hydrogen) atoms. The maximum absolute atomic E-state index is 13.5. The highest BCUT2D eigenvalue weighted by molar-refractivity contribution is 5.63. The zero-order chi connectivity index (χ0) is 11.1. The number of fused-ring (bicyclic) bond motifs is 1. The summed E-state index contributed by atoms with van der Waals surface area (Å²) in [6, 6.07) is 5.94. The lowest BCUT2D eigenvalue weighted by molar-refractivity contribution is -0.270. The fraction of sp³-hybridized carbons (Fsp3) is 0.300. The van der Waals surface area contributed by atoms with Crippen LogP contribution in [0.15, 0.2) is 24.3 Å². The lowest BCUT2D eigenvalue weighted by Crippen LogP contribution is -2.48. The van der Waals surface area contributed by atoms with Gasteiger partial charge in [-0.05, 0) is 5.56 Å². The van der Waals surface area contributed by atoms with Crippen LogP contribution in [0, 0.1) is 0 Å². The first-order valence-electron chi connectivity index (χ1n) is 4.43. The molecular weight excluding hydrogens is 204 g/mol. The van der Waals surface area contributed by atoms with Gasteiger partial charge in [-0.2, -0.15) is 8.78 Å². The van der Waals surface area contributed by atoms with Crippen LogP contribution < -0.4 is 5.11 Å². The van der Waals surface area contributed by atoms with Crippen molar-refractivity contribution in [1.29, 1.82) is 0 Å². The van der Waals surface area contributed by atoms with Gasteiger partial charge in [-0.3, -0.25) is 0 Å². The predicted octanol–water partition coefficient (Wildman–Crippen LogP) is 0.937. The van der Waals surface area contributed by atoms with E-state index in [0.717, 1.165) is 0 Å². The van der Waals surface area contributed by atoms with E-state index >= 15 is 0 Å². The number of hydrogen-bond donors (Lipinski definition) is 0. The van der Waals surface area contributed by atoms with Crippen LogP contribution in [0.5, 0.6) is 0 Å². The maximum atomic E-state index is 13.5. The van der Waals surface area contributed by atoms with Gasteiger partial charge in [0, 0.05) is 12.1 Å². The highest BCUT2D eigenvalue weighted by Crippen LogP contribution is 2.35. The molecule has 1 aliphatic heterocycles. The Morgan fingerprint density at radius 2 is 2.07 bits per heavy atom. The average Bonchev–Trinajstić information content (AvgIpc) is 2.16. The van der Waals surface area contributed by atoms with Crippen molar-refractivity contribution < 1.29 is 18.7 Å². The van der Waals surface area contributed by atoms with Crippen LogP contribution in [-0.4, -0.2) is 17.5 Å². The van der Waals surface area contributed by atoms with Gasteiger partial charge in [-0.1, -0.05) is 24.3 Å². The molecule has 1 aliphatic rings. The minimum Gasteiger partial charge on any atom is -0.530 e. The summed E-state index contributed by atoms with van der Waals surface area (Å²) >= 11 is 0. The first-order valence-corrected chi connectivity index (χ1v) is 4.43. The second kappa shape index (κ2) is 3.18. The van der Waals surface area contributed by atoms with Crippen molar-refractivity contribution in [3.8, 4) is 0 Å². The van der Waals surface area contributed by atoms with Crippen LogP contribution in [-0.2, 0) is 12.5 Å². The van der Waals surface area contributed by atoms with E-state index < -0.39 is 18.6 Å². The quantitative estimate of drug-likeness (QED) is 0.642. The highest BCUT2D eigenvalue weighted by atomic mass is 19.3. The number of carboxylic acid groups (broad SMARTS) is 1. The smallest absolute Gasteiger partial charge is 0.290 e. The molecule has 2 rings (SSSR count). The van der Waals surface area contributed by atoms with Crippen LogP contribution in [0.3, 0.4) is 0 Å². The molecule has 0 fully saturated rings. The Labute approximate surface area is 84.9 Å². The van der Waals surface area contributed by atoms with Gasteiger partial charge in [-0.25, -0.2) is 0 Å². The minimum atomic E-state index is -3.13. The molecule has 80 valence electrons. The van der Waals surface area contributed by atoms with Gasteiger partial charge >= 0.3 is 0 Å². The van der Waals surface area contributed by atoms with Gasteiger partial charge in [-0.15, -0.1) is 0 Å². The van der Waals surface area contributed by atoms with Crippen LogP contribution in [0.1, 0.15) is 11.1 Å². The lowest BCUT2D eigenvalue weighted by Gasteiger charge is -2.35. The van der Waals surface area contributed by atoms with Crippen molar-refractivity contribution in [3.63, 3.8) is 0 Å². The molecule has 1 amide bonds. The van der Waals surface area contributed by atoms with E-state index in [4.69, 9.17) is 0 Å². The Morgan fingerprint density at radius 1 is 1.40 bits per heavy atom. The lowest BCUT2D eigenvalue weighted by atomic mass is 9.97. The zero-order valence-electron chi connectivity index (χ0n) is 7.74. The summed E-state index contributed by atoms with van der Waals surface area (Å²) < 4.78 is 26.9. The maximum Gasteiger partial charge on any atom is 0.290 e. The van der Waals surface area contributed by atoms with Gasteiger partial charge in [0.2, 0.25) is 0 Å². The zero-order valence-corrected chi connectivity index (χ0v) is 7.74. The van der Waals surface area contributed by atoms with Crippen LogP contribution in [0.4, 0.5) is 13.6 Å². The molecule has 0 saturated carbocycles. The van der Waals surface area contributed by atoms with E-state index in [2.05, 4.69) is 0 Å². The Bertz CT molecular complexity index is 406. The van der Waals surface area contributed by atoms with Crippen molar-refractivity contribution in [1.82, 2.24) is 4.90 Å². The number of carbonyl (C=O) groups is 1. The molecule has 0 saturated heterocycles. The normalized spacial score (nSPS) is 18.4. The molecule has 1 aromatic rings. The number of hydrogen-bond acceptors (Lipinski definition) is 2. The Kier molecular flexibility index (Phi) is 2.10. The highest BCUT2D eigenvalue weighted by Gasteiger charge is 2.39. The summed E-state index contributed by atoms with van der Waals surface area (Å²) in [5.41, 5.74) is 0.237. The second-order valence-electron chi connectivity index (χ2n) is 3.48. The molecule has 1 heterocycles. The molecule has 0 radical (unpaired) electrons. The van der Waals surface area contributed by atoms with Gasteiger partial charge in [0.25, 0.3) is 5.92 Å². The predicted molar refractivity (Wildman–Crippen MR) is 46.1 cm³/mol. The Hall–Kier alpha value is -1.65. The average molecular weight is 212 g/mol. The monoisotopic (exact) mass is 212 g/mol. The van der Waals surface area contributed by atoms with Crippen molar-refractivity contribution in [2.75, 3.05) is 6.54 Å². The number of alkyl halides is 2. The van der Waals surface area contributed by atoms with Gasteiger partial charge in [0.1, 0.15) is 6.09 Å². The van der Waals surface area contributed by atoms with Crippen molar-refractivity contribution in [2.45, 2.75) is 12.5 Å². The first-order chi connectivity index (χ1) is 7.00. The number of rotatable bonds is 0. The van der Waals surface area contributed by atoms with Crippen LogP contribution in [0.25, 0.3) is 0 Å². The van der Waals surface area contributed by atoms with Crippen molar-refractivity contribution >= 4 is 6.09 Å². The van der Waals surface area contributed by atoms with E-state index in [0.29, 0.717) is 10.5 Å². The number of benzene rings is 1. The third-order valence-corrected chi connectivity index (χ3v) is 2.42. The first kappa shape index (κ1) is 9.89. The fourth-order valence-electron chi connectivity index (χ4n) is 1.73. The van der Waals surface area contributed by atoms with E-state index in [9.17, 15) is 18.7 Å². The Morgan fingerprint density at radius 3 is 2.73 bits per heavy atom. The third kappa shape index (κ3) is 1.65. The van der Waals surface area contributed by atoms with E-state index in [-0.39, 0.29) is 12.1 Å².